The van der Waals surface area contributed by atoms with Gasteiger partial charge in [0.1, 0.15) is 5.70 Å². The van der Waals surface area contributed by atoms with Gasteiger partial charge in [-0.2, -0.15) is 0 Å². The fourth-order valence-electron chi connectivity index (χ4n) is 2.38. The number of rotatable bonds is 7. The van der Waals surface area contributed by atoms with Gasteiger partial charge in [0.2, 0.25) is 5.75 Å². The number of hydrogen-bond acceptors (Lipinski definition) is 6. The van der Waals surface area contributed by atoms with Gasteiger partial charge >= 0.3 is 0 Å². The minimum Gasteiger partial charge on any atom is -0.493 e. The highest BCUT2D eigenvalue weighted by Gasteiger charge is 2.16. The van der Waals surface area contributed by atoms with E-state index in [1.807, 2.05) is 5.43 Å². The molecule has 8 nitrogen and oxygen atoms in total. The number of hydrogen-bond donors (Lipinski definition) is 3. The van der Waals surface area contributed by atoms with Gasteiger partial charge < -0.3 is 19.5 Å². The van der Waals surface area contributed by atoms with Gasteiger partial charge in [0.15, 0.2) is 11.5 Å². The van der Waals surface area contributed by atoms with Crippen molar-refractivity contribution >= 4 is 29.5 Å². The summed E-state index contributed by atoms with van der Waals surface area (Å²) in [6.45, 7) is 0. The van der Waals surface area contributed by atoms with E-state index < -0.39 is 11.8 Å². The van der Waals surface area contributed by atoms with Crippen LogP contribution in [0.2, 0.25) is 5.02 Å². The zero-order valence-corrected chi connectivity index (χ0v) is 16.3. The second kappa shape index (κ2) is 9.63. The summed E-state index contributed by atoms with van der Waals surface area (Å²) >= 11 is 5.83. The molecule has 0 saturated carbocycles. The average Bonchev–Trinajstić information content (AvgIpc) is 2.72. The van der Waals surface area contributed by atoms with Crippen molar-refractivity contribution in [3.05, 3.63) is 58.2 Å². The predicted octanol–water partition coefficient (Wildman–Crippen LogP) is 2.13. The summed E-state index contributed by atoms with van der Waals surface area (Å²) < 4.78 is 15.8. The predicted molar refractivity (Wildman–Crippen MR) is 105 cm³/mol. The number of halogens is 1. The van der Waals surface area contributed by atoms with Crippen LogP contribution in [0, 0.1) is 0 Å². The Labute approximate surface area is 167 Å². The molecule has 0 aromatic heterocycles. The van der Waals surface area contributed by atoms with Crippen molar-refractivity contribution in [1.82, 2.24) is 10.7 Å². The van der Waals surface area contributed by atoms with Crippen LogP contribution in [-0.4, -0.2) is 33.1 Å². The Hall–Kier alpha value is -3.23. The van der Waals surface area contributed by atoms with Gasteiger partial charge in [-0.3, -0.25) is 15.0 Å². The molecule has 0 aliphatic heterocycles. The second-order valence-corrected chi connectivity index (χ2v) is 5.89. The van der Waals surface area contributed by atoms with Crippen molar-refractivity contribution in [1.29, 1.82) is 0 Å². The number of carbonyl (C=O) groups is 2. The van der Waals surface area contributed by atoms with Crippen LogP contribution in [0.4, 0.5) is 0 Å². The van der Waals surface area contributed by atoms with E-state index in [1.54, 1.807) is 24.3 Å². The number of methoxy groups -OCH3 is 3. The summed E-state index contributed by atoms with van der Waals surface area (Å²) in [7, 11) is 4.43. The van der Waals surface area contributed by atoms with Crippen LogP contribution < -0.4 is 30.8 Å². The molecule has 0 fully saturated rings. The SMILES string of the molecule is COc1cc(/C=C(\NC(=O)c2ccc(Cl)cc2)C(=O)NN)cc(OC)c1OC. The fraction of sp³-hybridized carbons (Fsp3) is 0.158. The molecule has 148 valence electrons. The highest BCUT2D eigenvalue weighted by molar-refractivity contribution is 6.30. The van der Waals surface area contributed by atoms with Gasteiger partial charge in [-0.05, 0) is 48.0 Å². The molecule has 2 aromatic carbocycles. The van der Waals surface area contributed by atoms with Crippen molar-refractivity contribution in [3.63, 3.8) is 0 Å². The monoisotopic (exact) mass is 405 g/mol. The first kappa shape index (κ1) is 21.1. The van der Waals surface area contributed by atoms with E-state index >= 15 is 0 Å². The van der Waals surface area contributed by atoms with Gasteiger partial charge in [0.25, 0.3) is 11.8 Å². The van der Waals surface area contributed by atoms with E-state index in [4.69, 9.17) is 31.7 Å². The van der Waals surface area contributed by atoms with Gasteiger partial charge in [-0.15, -0.1) is 0 Å². The number of amides is 2. The maximum Gasteiger partial charge on any atom is 0.281 e. The molecule has 0 aliphatic rings. The molecule has 0 spiro atoms. The third-order valence-electron chi connectivity index (χ3n) is 3.73. The highest BCUT2D eigenvalue weighted by atomic mass is 35.5. The molecule has 0 atom stereocenters. The third-order valence-corrected chi connectivity index (χ3v) is 3.98. The van der Waals surface area contributed by atoms with Crippen LogP contribution in [0.15, 0.2) is 42.1 Å². The maximum absolute atomic E-state index is 12.4. The summed E-state index contributed by atoms with van der Waals surface area (Å²) in [5.74, 6) is 5.24. The summed E-state index contributed by atoms with van der Waals surface area (Å²) in [6.07, 6.45) is 1.43. The summed E-state index contributed by atoms with van der Waals surface area (Å²) in [5.41, 5.74) is 2.77. The molecule has 0 radical (unpaired) electrons. The van der Waals surface area contributed by atoms with E-state index in [-0.39, 0.29) is 5.70 Å². The van der Waals surface area contributed by atoms with E-state index in [1.165, 1.54) is 39.5 Å². The molecule has 2 aromatic rings. The van der Waals surface area contributed by atoms with E-state index in [0.29, 0.717) is 33.4 Å². The first-order chi connectivity index (χ1) is 13.4. The Bertz CT molecular complexity index is 872. The lowest BCUT2D eigenvalue weighted by Crippen LogP contribution is -2.38. The number of benzene rings is 2. The average molecular weight is 406 g/mol. The van der Waals surface area contributed by atoms with Crippen molar-refractivity contribution in [3.8, 4) is 17.2 Å². The van der Waals surface area contributed by atoms with Crippen molar-refractivity contribution in [2.45, 2.75) is 0 Å². The molecule has 0 heterocycles. The van der Waals surface area contributed by atoms with E-state index in [9.17, 15) is 9.59 Å². The lowest BCUT2D eigenvalue weighted by atomic mass is 10.1. The minimum absolute atomic E-state index is 0.0725. The lowest BCUT2D eigenvalue weighted by molar-refractivity contribution is -0.117. The van der Waals surface area contributed by atoms with Crippen LogP contribution in [0.5, 0.6) is 17.2 Å². The number of nitrogens with two attached hydrogens (primary N) is 1. The first-order valence-corrected chi connectivity index (χ1v) is 8.40. The third kappa shape index (κ3) is 4.93. The number of nitrogens with one attached hydrogen (secondary N) is 2. The Morgan fingerprint density at radius 1 is 1.00 bits per heavy atom. The van der Waals surface area contributed by atoms with Crippen molar-refractivity contribution in [2.75, 3.05) is 21.3 Å². The molecular weight excluding hydrogens is 386 g/mol. The Morgan fingerprint density at radius 2 is 1.57 bits per heavy atom. The molecule has 4 N–H and O–H groups in total. The molecule has 2 amide bonds. The zero-order chi connectivity index (χ0) is 20.7. The molecule has 0 saturated heterocycles. The first-order valence-electron chi connectivity index (χ1n) is 8.03. The quantitative estimate of drug-likeness (QED) is 0.281. The Balaban J connectivity index is 2.42. The maximum atomic E-state index is 12.4. The normalized spacial score (nSPS) is 10.8. The van der Waals surface area contributed by atoms with Crippen LogP contribution in [0.25, 0.3) is 6.08 Å². The van der Waals surface area contributed by atoms with Gasteiger partial charge in [0, 0.05) is 10.6 Å². The van der Waals surface area contributed by atoms with E-state index in [0.717, 1.165) is 0 Å². The Kier molecular flexibility index (Phi) is 7.25. The molecule has 0 bridgehead atoms. The fourth-order valence-corrected chi connectivity index (χ4v) is 2.51. The summed E-state index contributed by atoms with van der Waals surface area (Å²) in [4.78, 5) is 24.6. The van der Waals surface area contributed by atoms with Crippen LogP contribution >= 0.6 is 11.6 Å². The standard InChI is InChI=1S/C19H20ClN3O5/c1-26-15-9-11(10-16(27-2)17(15)28-3)8-14(19(25)23-21)22-18(24)12-4-6-13(20)7-5-12/h4-10H,21H2,1-3H3,(H,22,24)(H,23,25)/b14-8-. The van der Waals surface area contributed by atoms with Crippen molar-refractivity contribution < 1.29 is 23.8 Å². The van der Waals surface area contributed by atoms with Crippen LogP contribution in [-0.2, 0) is 4.79 Å². The number of ether oxygens (including phenoxy) is 3. The number of carbonyl (C=O) groups excluding carboxylic acids is 2. The topological polar surface area (TPSA) is 112 Å². The molecule has 0 unspecified atom stereocenters. The zero-order valence-electron chi connectivity index (χ0n) is 15.5. The van der Waals surface area contributed by atoms with Crippen LogP contribution in [0.1, 0.15) is 15.9 Å². The summed E-state index contributed by atoms with van der Waals surface area (Å²) in [5, 5.41) is 3.02. The van der Waals surface area contributed by atoms with E-state index in [2.05, 4.69) is 5.32 Å². The van der Waals surface area contributed by atoms with Gasteiger partial charge in [-0.1, -0.05) is 11.6 Å². The number of hydrazine groups is 1. The highest BCUT2D eigenvalue weighted by Crippen LogP contribution is 2.38. The minimum atomic E-state index is -0.684. The molecule has 9 heteroatoms. The molecule has 0 aliphatic carbocycles. The summed E-state index contributed by atoms with van der Waals surface area (Å²) in [6, 6.07) is 9.47. The van der Waals surface area contributed by atoms with Gasteiger partial charge in [-0.25, -0.2) is 5.84 Å². The van der Waals surface area contributed by atoms with Crippen molar-refractivity contribution in [2.24, 2.45) is 5.84 Å². The lowest BCUT2D eigenvalue weighted by Gasteiger charge is -2.14. The van der Waals surface area contributed by atoms with Gasteiger partial charge in [0.05, 0.1) is 21.3 Å². The molecule has 28 heavy (non-hydrogen) atoms. The second-order valence-electron chi connectivity index (χ2n) is 5.45. The smallest absolute Gasteiger partial charge is 0.281 e. The Morgan fingerprint density at radius 3 is 2.04 bits per heavy atom. The van der Waals surface area contributed by atoms with Crippen LogP contribution in [0.3, 0.4) is 0 Å². The largest absolute Gasteiger partial charge is 0.493 e. The molecule has 2 rings (SSSR count). The molecular formula is C19H20ClN3O5.